The van der Waals surface area contributed by atoms with Crippen molar-refractivity contribution in [3.63, 3.8) is 0 Å². The highest BCUT2D eigenvalue weighted by Gasteiger charge is 2.48. The molecule has 2 fully saturated rings. The van der Waals surface area contributed by atoms with Crippen LogP contribution in [0.1, 0.15) is 23.7 Å². The van der Waals surface area contributed by atoms with Gasteiger partial charge in [0.05, 0.1) is 32.0 Å². The minimum Gasteiger partial charge on any atom is -0.496 e. The van der Waals surface area contributed by atoms with Crippen molar-refractivity contribution in [2.75, 3.05) is 13.7 Å². The number of nitrogens with one attached hydrogen (secondary N) is 2. The van der Waals surface area contributed by atoms with Gasteiger partial charge in [-0.25, -0.2) is 4.79 Å². The number of imide groups is 1. The normalized spacial score (nSPS) is 25.6. The van der Waals surface area contributed by atoms with Gasteiger partial charge < -0.3 is 14.1 Å². The van der Waals surface area contributed by atoms with E-state index in [0.29, 0.717) is 18.8 Å². The van der Waals surface area contributed by atoms with Crippen LogP contribution >= 0.6 is 0 Å². The number of methoxy groups -OCH3 is 1. The number of furan rings is 1. The molecule has 2 saturated heterocycles. The lowest BCUT2D eigenvalue weighted by Crippen LogP contribution is -2.67. The molecule has 7 heteroatoms. The number of fused-ring (bicyclic) bond motifs is 1. The third-order valence-corrected chi connectivity index (χ3v) is 5.16. The molecule has 2 aliphatic heterocycles. The zero-order valence-corrected chi connectivity index (χ0v) is 14.5. The van der Waals surface area contributed by atoms with Crippen LogP contribution in [0.15, 0.2) is 47.1 Å². The summed E-state index contributed by atoms with van der Waals surface area (Å²) in [6.07, 6.45) is 1.98. The molecule has 7 nitrogen and oxygen atoms in total. The summed E-state index contributed by atoms with van der Waals surface area (Å²) in [6, 6.07) is 11.0. The van der Waals surface area contributed by atoms with Gasteiger partial charge >= 0.3 is 6.03 Å². The maximum absolute atomic E-state index is 12.7. The van der Waals surface area contributed by atoms with E-state index in [1.165, 1.54) is 0 Å². The Balaban J connectivity index is 1.68. The Morgan fingerprint density at radius 3 is 2.85 bits per heavy atom. The number of hydrogen-bond donors (Lipinski definition) is 2. The molecule has 3 heterocycles. The van der Waals surface area contributed by atoms with E-state index in [4.69, 9.17) is 9.15 Å². The number of ether oxygens (including phenoxy) is 1. The minimum absolute atomic E-state index is 0.0374. The minimum atomic E-state index is -0.402. The quantitative estimate of drug-likeness (QED) is 0.877. The maximum atomic E-state index is 12.7. The topological polar surface area (TPSA) is 83.8 Å². The summed E-state index contributed by atoms with van der Waals surface area (Å²) in [7, 11) is 1.63. The smallest absolute Gasteiger partial charge is 0.325 e. The number of amides is 3. The first-order chi connectivity index (χ1) is 12.7. The number of urea groups is 1. The SMILES string of the molecule is COc1ccccc1C1CCNC2C1C(=O)NC(=O)N2Cc1ccco1. The van der Waals surface area contributed by atoms with Gasteiger partial charge in [-0.3, -0.25) is 15.4 Å². The average molecular weight is 355 g/mol. The summed E-state index contributed by atoms with van der Waals surface area (Å²) in [6.45, 7) is 1.01. The monoisotopic (exact) mass is 355 g/mol. The van der Waals surface area contributed by atoms with E-state index in [-0.39, 0.29) is 18.0 Å². The summed E-state index contributed by atoms with van der Waals surface area (Å²) < 4.78 is 10.9. The van der Waals surface area contributed by atoms with Gasteiger partial charge in [-0.1, -0.05) is 18.2 Å². The highest BCUT2D eigenvalue weighted by molar-refractivity contribution is 5.99. The lowest BCUT2D eigenvalue weighted by Gasteiger charge is -2.46. The van der Waals surface area contributed by atoms with Crippen molar-refractivity contribution < 1.29 is 18.7 Å². The van der Waals surface area contributed by atoms with Crippen LogP contribution in [0.5, 0.6) is 5.75 Å². The van der Waals surface area contributed by atoms with Gasteiger partial charge in [-0.05, 0) is 36.7 Å². The number of benzene rings is 1. The second-order valence-corrected chi connectivity index (χ2v) is 6.56. The molecule has 3 unspecified atom stereocenters. The number of nitrogens with zero attached hydrogens (tertiary/aromatic N) is 1. The highest BCUT2D eigenvalue weighted by atomic mass is 16.5. The van der Waals surface area contributed by atoms with Crippen molar-refractivity contribution in [2.45, 2.75) is 25.0 Å². The second kappa shape index (κ2) is 6.84. The fourth-order valence-corrected chi connectivity index (χ4v) is 3.99. The maximum Gasteiger partial charge on any atom is 0.325 e. The second-order valence-electron chi connectivity index (χ2n) is 6.56. The predicted molar refractivity (Wildman–Crippen MR) is 93.4 cm³/mol. The number of para-hydroxylation sites is 1. The largest absolute Gasteiger partial charge is 0.496 e. The molecule has 3 atom stereocenters. The number of rotatable bonds is 4. The van der Waals surface area contributed by atoms with Gasteiger partial charge in [0.2, 0.25) is 5.91 Å². The molecule has 26 heavy (non-hydrogen) atoms. The number of piperidine rings is 1. The molecule has 0 radical (unpaired) electrons. The summed E-state index contributed by atoms with van der Waals surface area (Å²) in [4.78, 5) is 26.8. The summed E-state index contributed by atoms with van der Waals surface area (Å²) in [5.41, 5.74) is 0.994. The molecule has 2 N–H and O–H groups in total. The van der Waals surface area contributed by atoms with E-state index >= 15 is 0 Å². The lowest BCUT2D eigenvalue weighted by atomic mass is 9.77. The van der Waals surface area contributed by atoms with E-state index in [9.17, 15) is 9.59 Å². The van der Waals surface area contributed by atoms with Crippen molar-refractivity contribution in [2.24, 2.45) is 5.92 Å². The van der Waals surface area contributed by atoms with Gasteiger partial charge in [0, 0.05) is 5.92 Å². The molecule has 0 saturated carbocycles. The Morgan fingerprint density at radius 2 is 2.08 bits per heavy atom. The van der Waals surface area contributed by atoms with Gasteiger partial charge in [0.15, 0.2) is 0 Å². The fourth-order valence-electron chi connectivity index (χ4n) is 3.99. The zero-order valence-electron chi connectivity index (χ0n) is 14.5. The van der Waals surface area contributed by atoms with Gasteiger partial charge in [-0.2, -0.15) is 0 Å². The van der Waals surface area contributed by atoms with E-state index in [1.54, 1.807) is 24.3 Å². The molecule has 2 aromatic rings. The van der Waals surface area contributed by atoms with Crippen LogP contribution in [0.2, 0.25) is 0 Å². The molecule has 136 valence electrons. The zero-order chi connectivity index (χ0) is 18.1. The van der Waals surface area contributed by atoms with Crippen LogP contribution in [-0.4, -0.2) is 36.7 Å². The van der Waals surface area contributed by atoms with E-state index in [1.807, 2.05) is 30.3 Å². The summed E-state index contributed by atoms with van der Waals surface area (Å²) >= 11 is 0. The number of carbonyl (C=O) groups excluding carboxylic acids is 2. The standard InChI is InChI=1S/C19H21N3O4/c1-25-15-7-3-2-6-13(15)14-8-9-20-17-16(14)18(23)21-19(24)22(17)11-12-5-4-10-26-12/h2-7,10,14,16-17,20H,8-9,11H2,1H3,(H,21,23,24). The Hall–Kier alpha value is -2.80. The molecule has 0 aliphatic carbocycles. The number of hydrogen-bond acceptors (Lipinski definition) is 5. The van der Waals surface area contributed by atoms with Crippen molar-refractivity contribution in [3.05, 3.63) is 54.0 Å². The Kier molecular flexibility index (Phi) is 4.38. The van der Waals surface area contributed by atoms with Crippen LogP contribution < -0.4 is 15.4 Å². The summed E-state index contributed by atoms with van der Waals surface area (Å²) in [5, 5.41) is 5.85. The highest BCUT2D eigenvalue weighted by Crippen LogP contribution is 2.40. The predicted octanol–water partition coefficient (Wildman–Crippen LogP) is 2.06. The molecule has 3 amide bonds. The Bertz CT molecular complexity index is 805. The average Bonchev–Trinajstić information content (AvgIpc) is 3.17. The molecule has 1 aromatic carbocycles. The number of carbonyl (C=O) groups is 2. The van der Waals surface area contributed by atoms with Crippen LogP contribution in [0.4, 0.5) is 4.79 Å². The van der Waals surface area contributed by atoms with Gasteiger partial charge in [-0.15, -0.1) is 0 Å². The van der Waals surface area contributed by atoms with Crippen LogP contribution in [0, 0.1) is 5.92 Å². The van der Waals surface area contributed by atoms with Crippen molar-refractivity contribution in [3.8, 4) is 5.75 Å². The first kappa shape index (κ1) is 16.7. The lowest BCUT2D eigenvalue weighted by molar-refractivity contribution is -0.131. The molecule has 0 spiro atoms. The van der Waals surface area contributed by atoms with Crippen LogP contribution in [-0.2, 0) is 11.3 Å². The van der Waals surface area contributed by atoms with Crippen LogP contribution in [0.3, 0.4) is 0 Å². The molecular weight excluding hydrogens is 334 g/mol. The Labute approximate surface area is 151 Å². The molecule has 2 aliphatic rings. The van der Waals surface area contributed by atoms with E-state index < -0.39 is 11.9 Å². The first-order valence-corrected chi connectivity index (χ1v) is 8.69. The summed E-state index contributed by atoms with van der Waals surface area (Å²) in [5.74, 6) is 0.756. The third-order valence-electron chi connectivity index (χ3n) is 5.16. The van der Waals surface area contributed by atoms with Crippen molar-refractivity contribution >= 4 is 11.9 Å². The van der Waals surface area contributed by atoms with Gasteiger partial charge in [0.25, 0.3) is 0 Å². The third kappa shape index (κ3) is 2.84. The van der Waals surface area contributed by atoms with E-state index in [0.717, 1.165) is 17.7 Å². The van der Waals surface area contributed by atoms with Gasteiger partial charge in [0.1, 0.15) is 11.5 Å². The molecular formula is C19H21N3O4. The molecule has 0 bridgehead atoms. The molecule has 4 rings (SSSR count). The van der Waals surface area contributed by atoms with Crippen molar-refractivity contribution in [1.29, 1.82) is 0 Å². The van der Waals surface area contributed by atoms with E-state index in [2.05, 4.69) is 10.6 Å². The fraction of sp³-hybridized carbons (Fsp3) is 0.368. The van der Waals surface area contributed by atoms with Crippen molar-refractivity contribution in [1.82, 2.24) is 15.5 Å². The molecule has 1 aromatic heterocycles. The van der Waals surface area contributed by atoms with Crippen LogP contribution in [0.25, 0.3) is 0 Å². The Morgan fingerprint density at radius 1 is 1.23 bits per heavy atom. The first-order valence-electron chi connectivity index (χ1n) is 8.69.